The first-order valence-electron chi connectivity index (χ1n) is 8.06. The van der Waals surface area contributed by atoms with E-state index in [-0.39, 0.29) is 12.6 Å². The Morgan fingerprint density at radius 1 is 1.08 bits per heavy atom. The first-order valence-corrected chi connectivity index (χ1v) is 8.06. The van der Waals surface area contributed by atoms with Gasteiger partial charge in [0.05, 0.1) is 36.1 Å². The number of carbonyl (C=O) groups excluding carboxylic acids is 1. The largest absolute Gasteiger partial charge is 0.330 e. The Balaban J connectivity index is 1.80. The third-order valence-electron chi connectivity index (χ3n) is 4.45. The van der Waals surface area contributed by atoms with E-state index >= 15 is 0 Å². The van der Waals surface area contributed by atoms with E-state index < -0.39 is 6.04 Å². The number of nitrogens with zero attached hydrogens (tertiary/aromatic N) is 5. The number of rotatable bonds is 2. The number of benzene rings is 2. The van der Waals surface area contributed by atoms with Gasteiger partial charge in [0.1, 0.15) is 6.04 Å². The van der Waals surface area contributed by atoms with Gasteiger partial charge in [-0.2, -0.15) is 10.5 Å². The zero-order chi connectivity index (χ0) is 18.1. The molecule has 0 spiro atoms. The van der Waals surface area contributed by atoms with E-state index in [0.717, 1.165) is 10.8 Å². The van der Waals surface area contributed by atoms with Crippen molar-refractivity contribution < 1.29 is 4.79 Å². The molecule has 1 aromatic heterocycles. The lowest BCUT2D eigenvalue weighted by Gasteiger charge is -2.21. The Labute approximate surface area is 150 Å². The monoisotopic (exact) mass is 339 g/mol. The van der Waals surface area contributed by atoms with E-state index in [9.17, 15) is 10.1 Å². The van der Waals surface area contributed by atoms with Crippen LogP contribution < -0.4 is 9.80 Å². The number of hydrogen-bond acceptors (Lipinski definition) is 4. The van der Waals surface area contributed by atoms with Crippen molar-refractivity contribution in [2.24, 2.45) is 0 Å². The molecule has 1 saturated heterocycles. The van der Waals surface area contributed by atoms with Crippen molar-refractivity contribution in [1.82, 2.24) is 4.98 Å². The highest BCUT2D eigenvalue weighted by Crippen LogP contribution is 2.33. The number of urea groups is 1. The van der Waals surface area contributed by atoms with Gasteiger partial charge in [0.2, 0.25) is 0 Å². The van der Waals surface area contributed by atoms with Crippen LogP contribution >= 0.6 is 0 Å². The molecule has 124 valence electrons. The number of hydrogen-bond donors (Lipinski definition) is 0. The standard InChI is InChI=1S/C20H13N5O/c21-9-14-4-3-6-16(8-14)24-13-17(10-22)25(20(24)26)19-12-23-11-15-5-1-2-7-18(15)19/h1-8,11-12,17H,13H2. The maximum atomic E-state index is 13.1. The first-order chi connectivity index (χ1) is 12.7. The molecule has 0 N–H and O–H groups in total. The molecular weight excluding hydrogens is 326 g/mol. The quantitative estimate of drug-likeness (QED) is 0.716. The van der Waals surface area contributed by atoms with Crippen LogP contribution in [0.2, 0.25) is 0 Å². The second-order valence-electron chi connectivity index (χ2n) is 5.95. The number of pyridine rings is 1. The van der Waals surface area contributed by atoms with Gasteiger partial charge < -0.3 is 0 Å². The number of amides is 2. The van der Waals surface area contributed by atoms with Gasteiger partial charge in [-0.1, -0.05) is 30.3 Å². The van der Waals surface area contributed by atoms with Crippen LogP contribution in [0.4, 0.5) is 16.2 Å². The minimum atomic E-state index is -0.638. The summed E-state index contributed by atoms with van der Waals surface area (Å²) in [6.07, 6.45) is 3.34. The van der Waals surface area contributed by atoms with Gasteiger partial charge in [-0.05, 0) is 18.2 Å². The lowest BCUT2D eigenvalue weighted by molar-refractivity contribution is 0.255. The molecule has 3 aromatic rings. The predicted molar refractivity (Wildman–Crippen MR) is 97.5 cm³/mol. The predicted octanol–water partition coefficient (Wildman–Crippen LogP) is 3.45. The molecule has 1 unspecified atom stereocenters. The van der Waals surface area contributed by atoms with Crippen molar-refractivity contribution in [2.45, 2.75) is 6.04 Å². The Morgan fingerprint density at radius 3 is 2.73 bits per heavy atom. The molecule has 1 aliphatic rings. The summed E-state index contributed by atoms with van der Waals surface area (Å²) < 4.78 is 0. The zero-order valence-corrected chi connectivity index (χ0v) is 13.7. The summed E-state index contributed by atoms with van der Waals surface area (Å²) in [4.78, 5) is 20.3. The van der Waals surface area contributed by atoms with Gasteiger partial charge in [0, 0.05) is 22.7 Å². The smallest absolute Gasteiger partial charge is 0.291 e. The van der Waals surface area contributed by atoms with Crippen molar-refractivity contribution in [2.75, 3.05) is 16.3 Å². The molecule has 6 heteroatoms. The van der Waals surface area contributed by atoms with Crippen LogP contribution in [-0.2, 0) is 0 Å². The van der Waals surface area contributed by atoms with E-state index in [0.29, 0.717) is 16.9 Å². The van der Waals surface area contributed by atoms with E-state index in [4.69, 9.17) is 5.26 Å². The fourth-order valence-electron chi connectivity index (χ4n) is 3.22. The van der Waals surface area contributed by atoms with E-state index in [2.05, 4.69) is 17.1 Å². The molecule has 1 atom stereocenters. The highest BCUT2D eigenvalue weighted by Gasteiger charge is 2.40. The summed E-state index contributed by atoms with van der Waals surface area (Å²) in [5.41, 5.74) is 1.68. The summed E-state index contributed by atoms with van der Waals surface area (Å²) in [5.74, 6) is 0. The van der Waals surface area contributed by atoms with Gasteiger partial charge in [0.15, 0.2) is 0 Å². The number of nitriles is 2. The van der Waals surface area contributed by atoms with Gasteiger partial charge in [-0.15, -0.1) is 0 Å². The lowest BCUT2D eigenvalue weighted by Crippen LogP contribution is -2.34. The number of fused-ring (bicyclic) bond motifs is 1. The fourth-order valence-corrected chi connectivity index (χ4v) is 3.22. The molecule has 2 amide bonds. The van der Waals surface area contributed by atoms with E-state index in [1.807, 2.05) is 24.3 Å². The molecular formula is C20H13N5O. The van der Waals surface area contributed by atoms with Crippen molar-refractivity contribution >= 4 is 28.2 Å². The van der Waals surface area contributed by atoms with Crippen molar-refractivity contribution in [3.63, 3.8) is 0 Å². The normalized spacial score (nSPS) is 16.5. The highest BCUT2D eigenvalue weighted by molar-refractivity contribution is 6.11. The first kappa shape index (κ1) is 15.6. The maximum Gasteiger partial charge on any atom is 0.330 e. The van der Waals surface area contributed by atoms with Crippen molar-refractivity contribution in [3.8, 4) is 12.1 Å². The van der Waals surface area contributed by atoms with Gasteiger partial charge >= 0.3 is 6.03 Å². The van der Waals surface area contributed by atoms with Gasteiger partial charge in [0.25, 0.3) is 0 Å². The average Bonchev–Trinajstić information content (AvgIpc) is 3.03. The van der Waals surface area contributed by atoms with Crippen molar-refractivity contribution in [3.05, 3.63) is 66.5 Å². The minimum absolute atomic E-state index is 0.230. The lowest BCUT2D eigenvalue weighted by atomic mass is 10.1. The average molecular weight is 339 g/mol. The van der Waals surface area contributed by atoms with Gasteiger partial charge in [-0.25, -0.2) is 4.79 Å². The summed E-state index contributed by atoms with van der Waals surface area (Å²) in [6.45, 7) is 0.230. The minimum Gasteiger partial charge on any atom is -0.291 e. The summed E-state index contributed by atoms with van der Waals surface area (Å²) in [7, 11) is 0. The van der Waals surface area contributed by atoms with Crippen LogP contribution in [0.15, 0.2) is 60.9 Å². The number of aromatic nitrogens is 1. The molecule has 4 rings (SSSR count). The van der Waals surface area contributed by atoms with Gasteiger partial charge in [-0.3, -0.25) is 14.8 Å². The molecule has 0 radical (unpaired) electrons. The van der Waals surface area contributed by atoms with E-state index in [1.54, 1.807) is 36.7 Å². The number of anilines is 2. The SMILES string of the molecule is N#Cc1cccc(N2CC(C#N)N(c3cncc4ccccc34)C2=O)c1. The Kier molecular flexibility index (Phi) is 3.72. The molecule has 1 fully saturated rings. The van der Waals surface area contributed by atoms with Crippen LogP contribution in [-0.4, -0.2) is 23.6 Å². The maximum absolute atomic E-state index is 13.1. The summed E-state index contributed by atoms with van der Waals surface area (Å²) in [6, 6.07) is 17.8. The third kappa shape index (κ3) is 2.42. The van der Waals surface area contributed by atoms with Crippen LogP contribution in [0.5, 0.6) is 0 Å². The molecule has 2 heterocycles. The van der Waals surface area contributed by atoms with Crippen LogP contribution in [0.3, 0.4) is 0 Å². The van der Waals surface area contributed by atoms with Crippen LogP contribution in [0.25, 0.3) is 10.8 Å². The molecule has 1 aliphatic heterocycles. The third-order valence-corrected chi connectivity index (χ3v) is 4.45. The molecule has 0 saturated carbocycles. The Hall–Kier alpha value is -3.90. The van der Waals surface area contributed by atoms with Crippen molar-refractivity contribution in [1.29, 1.82) is 10.5 Å². The van der Waals surface area contributed by atoms with Crippen LogP contribution in [0, 0.1) is 22.7 Å². The van der Waals surface area contributed by atoms with E-state index in [1.165, 1.54) is 9.80 Å². The van der Waals surface area contributed by atoms with Crippen LogP contribution in [0.1, 0.15) is 5.56 Å². The zero-order valence-electron chi connectivity index (χ0n) is 13.7. The topological polar surface area (TPSA) is 84.0 Å². The second kappa shape index (κ2) is 6.19. The molecule has 6 nitrogen and oxygen atoms in total. The molecule has 0 bridgehead atoms. The number of carbonyl (C=O) groups is 1. The Morgan fingerprint density at radius 2 is 1.92 bits per heavy atom. The summed E-state index contributed by atoms with van der Waals surface area (Å²) in [5, 5.41) is 20.5. The highest BCUT2D eigenvalue weighted by atomic mass is 16.2. The molecule has 26 heavy (non-hydrogen) atoms. The fraction of sp³-hybridized carbons (Fsp3) is 0.100. The molecule has 2 aromatic carbocycles. The second-order valence-corrected chi connectivity index (χ2v) is 5.95. The summed E-state index contributed by atoms with van der Waals surface area (Å²) >= 11 is 0. The Bertz CT molecular complexity index is 1090. The molecule has 0 aliphatic carbocycles.